The van der Waals surface area contributed by atoms with Crippen molar-refractivity contribution in [1.29, 1.82) is 0 Å². The van der Waals surface area contributed by atoms with Crippen LogP contribution in [0, 0.1) is 24.0 Å². The van der Waals surface area contributed by atoms with Gasteiger partial charge in [0.2, 0.25) is 10.0 Å². The summed E-state index contributed by atoms with van der Waals surface area (Å²) in [4.78, 5) is 14.9. The minimum Gasteiger partial charge on any atom is -0.258 e. The summed E-state index contributed by atoms with van der Waals surface area (Å²) in [6.07, 6.45) is 1.35. The van der Waals surface area contributed by atoms with E-state index in [0.29, 0.717) is 25.9 Å². The molecular weight excluding hydrogens is 398 g/mol. The van der Waals surface area contributed by atoms with Gasteiger partial charge in [0.25, 0.3) is 5.69 Å². The van der Waals surface area contributed by atoms with Crippen molar-refractivity contribution in [3.8, 4) is 0 Å². The first-order valence-corrected chi connectivity index (χ1v) is 10.8. The molecule has 0 saturated carbocycles. The SMILES string of the molecule is Cc1csc(C2CCN(S(=O)(=O)c3cc(Cl)c(C)c([N+](=O)[O-])c3)CC2)n1. The van der Waals surface area contributed by atoms with Crippen LogP contribution < -0.4 is 0 Å². The highest BCUT2D eigenvalue weighted by Gasteiger charge is 2.32. The normalized spacial score (nSPS) is 16.7. The minimum atomic E-state index is -3.83. The number of rotatable bonds is 4. The van der Waals surface area contributed by atoms with E-state index in [2.05, 4.69) is 4.98 Å². The predicted octanol–water partition coefficient (Wildman–Crippen LogP) is 3.89. The summed E-state index contributed by atoms with van der Waals surface area (Å²) < 4.78 is 27.2. The zero-order chi connectivity index (χ0) is 19.1. The Hall–Kier alpha value is -1.55. The number of piperidine rings is 1. The highest BCUT2D eigenvalue weighted by atomic mass is 35.5. The maximum absolute atomic E-state index is 12.9. The molecule has 1 aromatic heterocycles. The van der Waals surface area contributed by atoms with Crippen molar-refractivity contribution in [2.45, 2.75) is 37.5 Å². The Morgan fingerprint density at radius 3 is 2.50 bits per heavy atom. The Morgan fingerprint density at radius 1 is 1.31 bits per heavy atom. The number of aryl methyl sites for hydroxylation is 1. The van der Waals surface area contributed by atoms with E-state index >= 15 is 0 Å². The van der Waals surface area contributed by atoms with E-state index in [9.17, 15) is 18.5 Å². The number of benzene rings is 1. The van der Waals surface area contributed by atoms with E-state index in [0.717, 1.165) is 16.8 Å². The summed E-state index contributed by atoms with van der Waals surface area (Å²) in [6, 6.07) is 2.38. The number of nitrogens with zero attached hydrogens (tertiary/aromatic N) is 3. The monoisotopic (exact) mass is 415 g/mol. The number of halogens is 1. The molecule has 2 heterocycles. The maximum Gasteiger partial charge on any atom is 0.275 e. The lowest BCUT2D eigenvalue weighted by Crippen LogP contribution is -2.37. The molecule has 0 spiro atoms. The largest absolute Gasteiger partial charge is 0.275 e. The van der Waals surface area contributed by atoms with Crippen LogP contribution in [0.25, 0.3) is 0 Å². The van der Waals surface area contributed by atoms with Gasteiger partial charge in [-0.15, -0.1) is 11.3 Å². The van der Waals surface area contributed by atoms with Gasteiger partial charge in [-0.1, -0.05) is 11.6 Å². The van der Waals surface area contributed by atoms with Gasteiger partial charge in [0.15, 0.2) is 0 Å². The summed E-state index contributed by atoms with van der Waals surface area (Å²) in [7, 11) is -3.83. The Balaban J connectivity index is 1.82. The van der Waals surface area contributed by atoms with E-state index in [-0.39, 0.29) is 27.1 Å². The second-order valence-corrected chi connectivity index (χ2v) is 9.55. The second-order valence-electron chi connectivity index (χ2n) is 6.31. The van der Waals surface area contributed by atoms with Crippen molar-refractivity contribution in [2.75, 3.05) is 13.1 Å². The van der Waals surface area contributed by atoms with E-state index in [4.69, 9.17) is 11.6 Å². The zero-order valence-electron chi connectivity index (χ0n) is 14.3. The fraction of sp³-hybridized carbons (Fsp3) is 0.438. The molecule has 0 aliphatic carbocycles. The minimum absolute atomic E-state index is 0.0749. The lowest BCUT2D eigenvalue weighted by molar-refractivity contribution is -0.385. The van der Waals surface area contributed by atoms with Crippen LogP contribution in [0.2, 0.25) is 5.02 Å². The van der Waals surface area contributed by atoms with Gasteiger partial charge in [-0.05, 0) is 32.8 Å². The molecule has 1 fully saturated rings. The lowest BCUT2D eigenvalue weighted by Gasteiger charge is -2.30. The number of nitro groups is 1. The molecule has 140 valence electrons. The molecule has 7 nitrogen and oxygen atoms in total. The zero-order valence-corrected chi connectivity index (χ0v) is 16.7. The van der Waals surface area contributed by atoms with E-state index < -0.39 is 14.9 Å². The van der Waals surface area contributed by atoms with Gasteiger partial charge < -0.3 is 0 Å². The summed E-state index contributed by atoms with van der Waals surface area (Å²) in [6.45, 7) is 4.14. The third-order valence-corrected chi connectivity index (χ3v) is 7.96. The first-order chi connectivity index (χ1) is 12.2. The number of nitro benzene ring substituents is 1. The van der Waals surface area contributed by atoms with Crippen molar-refractivity contribution in [2.24, 2.45) is 0 Å². The van der Waals surface area contributed by atoms with Crippen LogP contribution in [-0.4, -0.2) is 35.7 Å². The van der Waals surface area contributed by atoms with E-state index in [1.165, 1.54) is 17.3 Å². The Bertz CT molecular complexity index is 950. The van der Waals surface area contributed by atoms with Gasteiger partial charge in [0, 0.05) is 41.7 Å². The smallest absolute Gasteiger partial charge is 0.258 e. The molecule has 1 aliphatic heterocycles. The van der Waals surface area contributed by atoms with Crippen molar-refractivity contribution >= 4 is 38.6 Å². The molecule has 0 atom stereocenters. The summed E-state index contributed by atoms with van der Waals surface area (Å²) in [5, 5.41) is 14.3. The number of hydrogen-bond acceptors (Lipinski definition) is 6. The van der Waals surface area contributed by atoms with Crippen LogP contribution >= 0.6 is 22.9 Å². The average molecular weight is 416 g/mol. The van der Waals surface area contributed by atoms with Gasteiger partial charge in [0.1, 0.15) is 0 Å². The topological polar surface area (TPSA) is 93.4 Å². The van der Waals surface area contributed by atoms with Crippen LogP contribution in [0.5, 0.6) is 0 Å². The van der Waals surface area contributed by atoms with Gasteiger partial charge in [0.05, 0.1) is 19.8 Å². The molecule has 2 aromatic rings. The molecule has 1 saturated heterocycles. The second kappa shape index (κ2) is 7.22. The van der Waals surface area contributed by atoms with E-state index in [1.807, 2.05) is 12.3 Å². The molecule has 0 N–H and O–H groups in total. The number of hydrogen-bond donors (Lipinski definition) is 0. The van der Waals surface area contributed by atoms with Crippen molar-refractivity contribution < 1.29 is 13.3 Å². The Labute approximate surface area is 160 Å². The highest BCUT2D eigenvalue weighted by Crippen LogP contribution is 2.35. The molecule has 0 unspecified atom stereocenters. The molecular formula is C16H18ClN3O4S2. The van der Waals surface area contributed by atoms with Crippen LogP contribution in [0.4, 0.5) is 5.69 Å². The van der Waals surface area contributed by atoms with Crippen molar-refractivity contribution in [1.82, 2.24) is 9.29 Å². The fourth-order valence-electron chi connectivity index (χ4n) is 3.03. The average Bonchev–Trinajstić information content (AvgIpc) is 3.03. The van der Waals surface area contributed by atoms with Crippen molar-refractivity contribution in [3.63, 3.8) is 0 Å². The van der Waals surface area contributed by atoms with Gasteiger partial charge in [-0.2, -0.15) is 4.31 Å². The molecule has 26 heavy (non-hydrogen) atoms. The predicted molar refractivity (Wildman–Crippen MR) is 100 cm³/mol. The highest BCUT2D eigenvalue weighted by molar-refractivity contribution is 7.89. The van der Waals surface area contributed by atoms with Crippen molar-refractivity contribution in [3.05, 3.63) is 48.9 Å². The summed E-state index contributed by atoms with van der Waals surface area (Å²) in [5.74, 6) is 0.246. The number of thiazole rings is 1. The maximum atomic E-state index is 12.9. The third-order valence-electron chi connectivity index (χ3n) is 4.56. The first-order valence-electron chi connectivity index (χ1n) is 8.07. The summed E-state index contributed by atoms with van der Waals surface area (Å²) in [5.41, 5.74) is 0.944. The molecule has 0 amide bonds. The molecule has 3 rings (SSSR count). The van der Waals surface area contributed by atoms with Gasteiger partial charge in [-0.25, -0.2) is 13.4 Å². The first kappa shape index (κ1) is 19.2. The quantitative estimate of drug-likeness (QED) is 0.557. The lowest BCUT2D eigenvalue weighted by atomic mass is 9.99. The molecule has 10 heteroatoms. The summed E-state index contributed by atoms with van der Waals surface area (Å²) >= 11 is 7.62. The van der Waals surface area contributed by atoms with Crippen LogP contribution in [-0.2, 0) is 10.0 Å². The molecule has 0 radical (unpaired) electrons. The Kier molecular flexibility index (Phi) is 5.34. The Morgan fingerprint density at radius 2 is 1.96 bits per heavy atom. The third kappa shape index (κ3) is 3.62. The van der Waals surface area contributed by atoms with Gasteiger partial charge >= 0.3 is 0 Å². The standard InChI is InChI=1S/C16H18ClN3O4S2/c1-10-9-25-16(18-10)12-3-5-19(6-4-12)26(23,24)13-7-14(17)11(2)15(8-13)20(21)22/h7-9,12H,3-6H2,1-2H3. The van der Waals surface area contributed by atoms with Crippen LogP contribution in [0.15, 0.2) is 22.4 Å². The molecule has 0 bridgehead atoms. The van der Waals surface area contributed by atoms with Crippen LogP contribution in [0.1, 0.15) is 35.0 Å². The number of aromatic nitrogens is 1. The van der Waals surface area contributed by atoms with E-state index in [1.54, 1.807) is 11.3 Å². The number of sulfonamides is 1. The molecule has 1 aromatic carbocycles. The van der Waals surface area contributed by atoms with Gasteiger partial charge in [-0.3, -0.25) is 10.1 Å². The fourth-order valence-corrected chi connectivity index (χ4v) is 5.80. The molecule has 1 aliphatic rings. The van der Waals surface area contributed by atoms with Crippen LogP contribution in [0.3, 0.4) is 0 Å².